The summed E-state index contributed by atoms with van der Waals surface area (Å²) >= 11 is 1.94. The average Bonchev–Trinajstić information content (AvgIpc) is 2.37. The third kappa shape index (κ3) is 5.35. The van der Waals surface area contributed by atoms with E-state index in [1.54, 1.807) is 0 Å². The van der Waals surface area contributed by atoms with Crippen molar-refractivity contribution in [2.24, 2.45) is 0 Å². The van der Waals surface area contributed by atoms with Crippen molar-refractivity contribution in [2.45, 2.75) is 16.6 Å². The van der Waals surface area contributed by atoms with Gasteiger partial charge in [0.1, 0.15) is 3.92 Å². The first kappa shape index (κ1) is 16.2. The molecule has 1 aromatic rings. The summed E-state index contributed by atoms with van der Waals surface area (Å²) in [6, 6.07) is 4.91. The number of hydrogen-bond acceptors (Lipinski definition) is 3. The van der Waals surface area contributed by atoms with Crippen LogP contribution in [-0.2, 0) is 22.3 Å². The second kappa shape index (κ2) is 7.09. The van der Waals surface area contributed by atoms with E-state index in [1.807, 2.05) is 22.6 Å². The molecule has 0 aliphatic rings. The third-order valence-electron chi connectivity index (χ3n) is 2.39. The fourth-order valence-corrected chi connectivity index (χ4v) is 1.93. The van der Waals surface area contributed by atoms with Crippen LogP contribution < -0.4 is 5.32 Å². The van der Waals surface area contributed by atoms with E-state index in [0.29, 0.717) is 13.1 Å². The molecule has 0 aromatic heterocycles. The summed E-state index contributed by atoms with van der Waals surface area (Å²) in [4.78, 5) is 11.1. The fourth-order valence-electron chi connectivity index (χ4n) is 1.37. The predicted octanol–water partition coefficient (Wildman–Crippen LogP) is 2.77. The summed E-state index contributed by atoms with van der Waals surface area (Å²) in [5, 5.41) is 2.99. The highest BCUT2D eigenvalue weighted by atomic mass is 127. The Bertz CT molecular complexity index is 420. The lowest BCUT2D eigenvalue weighted by molar-refractivity contribution is -0.139. The van der Waals surface area contributed by atoms with E-state index < -0.39 is 11.7 Å². The van der Waals surface area contributed by atoms with Crippen molar-refractivity contribution in [3.63, 3.8) is 0 Å². The minimum Gasteiger partial charge on any atom is -0.468 e. The summed E-state index contributed by atoms with van der Waals surface area (Å²) < 4.78 is 41.2. The highest BCUT2D eigenvalue weighted by molar-refractivity contribution is 14.1. The van der Waals surface area contributed by atoms with E-state index in [1.165, 1.54) is 19.2 Å². The summed E-state index contributed by atoms with van der Waals surface area (Å²) in [7, 11) is 1.31. The third-order valence-corrected chi connectivity index (χ3v) is 3.34. The number of halogens is 4. The van der Waals surface area contributed by atoms with Crippen molar-refractivity contribution >= 4 is 28.6 Å². The number of hydrogen-bond donors (Lipinski definition) is 1. The Balaban J connectivity index is 2.45. The first-order valence-corrected chi connectivity index (χ1v) is 6.68. The molecule has 0 bridgehead atoms. The van der Waals surface area contributed by atoms with Crippen molar-refractivity contribution in [1.29, 1.82) is 0 Å². The van der Waals surface area contributed by atoms with E-state index >= 15 is 0 Å². The summed E-state index contributed by atoms with van der Waals surface area (Å²) in [6.45, 7) is 0.795. The number of methoxy groups -OCH3 is 1. The molecular weight excluding hydrogens is 374 g/mol. The smallest absolute Gasteiger partial charge is 0.416 e. The molecule has 1 N–H and O–H groups in total. The molecule has 1 atom stereocenters. The zero-order valence-electron chi connectivity index (χ0n) is 10.1. The molecule has 0 spiro atoms. The van der Waals surface area contributed by atoms with E-state index in [-0.39, 0.29) is 9.89 Å². The molecule has 0 aliphatic carbocycles. The number of carbonyl (C=O) groups is 1. The lowest BCUT2D eigenvalue weighted by atomic mass is 10.1. The van der Waals surface area contributed by atoms with E-state index in [2.05, 4.69) is 10.1 Å². The van der Waals surface area contributed by atoms with Crippen LogP contribution in [0.1, 0.15) is 11.1 Å². The van der Waals surface area contributed by atoms with Gasteiger partial charge in [0.2, 0.25) is 0 Å². The van der Waals surface area contributed by atoms with Gasteiger partial charge in [-0.2, -0.15) is 13.2 Å². The SMILES string of the molecule is COC(=O)C(I)CNCc1ccc(C(F)(F)F)cc1. The number of rotatable bonds is 5. The zero-order valence-corrected chi connectivity index (χ0v) is 12.3. The molecule has 0 saturated carbocycles. The Morgan fingerprint density at radius 2 is 1.95 bits per heavy atom. The Hall–Kier alpha value is -0.830. The lowest BCUT2D eigenvalue weighted by Gasteiger charge is -2.10. The molecule has 0 fully saturated rings. The molecule has 0 radical (unpaired) electrons. The molecule has 106 valence electrons. The van der Waals surface area contributed by atoms with Crippen LogP contribution in [0.2, 0.25) is 0 Å². The van der Waals surface area contributed by atoms with Crippen molar-refractivity contribution in [3.8, 4) is 0 Å². The molecule has 19 heavy (non-hydrogen) atoms. The van der Waals surface area contributed by atoms with Crippen LogP contribution in [-0.4, -0.2) is 23.5 Å². The van der Waals surface area contributed by atoms with Crippen LogP contribution in [0, 0.1) is 0 Å². The van der Waals surface area contributed by atoms with Gasteiger partial charge in [0.05, 0.1) is 12.7 Å². The minimum atomic E-state index is -4.32. The summed E-state index contributed by atoms with van der Waals surface area (Å²) in [5.41, 5.74) is 0.0547. The maximum atomic E-state index is 12.3. The standard InChI is InChI=1S/C12H13F3INO2/c1-19-11(18)10(16)7-17-6-8-2-4-9(5-3-8)12(13,14)15/h2-5,10,17H,6-7H2,1H3. The van der Waals surface area contributed by atoms with Gasteiger partial charge in [0.25, 0.3) is 0 Å². The van der Waals surface area contributed by atoms with Crippen LogP contribution >= 0.6 is 22.6 Å². The fraction of sp³-hybridized carbons (Fsp3) is 0.417. The number of esters is 1. The maximum Gasteiger partial charge on any atom is 0.416 e. The molecular formula is C12H13F3INO2. The van der Waals surface area contributed by atoms with Crippen LogP contribution in [0.25, 0.3) is 0 Å². The van der Waals surface area contributed by atoms with Crippen molar-refractivity contribution < 1.29 is 22.7 Å². The maximum absolute atomic E-state index is 12.3. The molecule has 1 aromatic carbocycles. The van der Waals surface area contributed by atoms with Gasteiger partial charge in [-0.3, -0.25) is 4.79 Å². The van der Waals surface area contributed by atoms with E-state index in [0.717, 1.165) is 17.7 Å². The van der Waals surface area contributed by atoms with E-state index in [9.17, 15) is 18.0 Å². The van der Waals surface area contributed by atoms with Gasteiger partial charge in [-0.15, -0.1) is 0 Å². The second-order valence-corrected chi connectivity index (χ2v) is 5.32. The molecule has 3 nitrogen and oxygen atoms in total. The zero-order chi connectivity index (χ0) is 14.5. The van der Waals surface area contributed by atoms with Crippen LogP contribution in [0.3, 0.4) is 0 Å². The lowest BCUT2D eigenvalue weighted by Crippen LogP contribution is -2.29. The first-order valence-electron chi connectivity index (χ1n) is 5.43. The second-order valence-electron chi connectivity index (χ2n) is 3.82. The highest BCUT2D eigenvalue weighted by Gasteiger charge is 2.29. The normalized spacial score (nSPS) is 13.1. The summed E-state index contributed by atoms with van der Waals surface area (Å²) in [6.07, 6.45) is -4.32. The van der Waals surface area contributed by atoms with Crippen LogP contribution in [0.15, 0.2) is 24.3 Å². The topological polar surface area (TPSA) is 38.3 Å². The van der Waals surface area contributed by atoms with Gasteiger partial charge in [0, 0.05) is 13.1 Å². The van der Waals surface area contributed by atoms with Gasteiger partial charge < -0.3 is 10.1 Å². The summed E-state index contributed by atoms with van der Waals surface area (Å²) in [5.74, 6) is -0.333. The van der Waals surface area contributed by atoms with Gasteiger partial charge in [-0.05, 0) is 17.7 Å². The molecule has 7 heteroatoms. The molecule has 0 amide bonds. The Morgan fingerprint density at radius 3 is 2.42 bits per heavy atom. The molecule has 0 saturated heterocycles. The molecule has 0 aliphatic heterocycles. The molecule has 1 rings (SSSR count). The minimum absolute atomic E-state index is 0.322. The van der Waals surface area contributed by atoms with Crippen molar-refractivity contribution in [3.05, 3.63) is 35.4 Å². The quantitative estimate of drug-likeness (QED) is 0.480. The van der Waals surface area contributed by atoms with Crippen molar-refractivity contribution in [1.82, 2.24) is 5.32 Å². The molecule has 1 unspecified atom stereocenters. The number of nitrogens with one attached hydrogen (secondary N) is 1. The number of alkyl halides is 4. The number of benzene rings is 1. The number of carbonyl (C=O) groups excluding carboxylic acids is 1. The largest absolute Gasteiger partial charge is 0.468 e. The first-order chi connectivity index (χ1) is 8.84. The molecule has 0 heterocycles. The van der Waals surface area contributed by atoms with E-state index in [4.69, 9.17) is 0 Å². The predicted molar refractivity (Wildman–Crippen MR) is 73.0 cm³/mol. The van der Waals surface area contributed by atoms with Crippen LogP contribution in [0.5, 0.6) is 0 Å². The van der Waals surface area contributed by atoms with Gasteiger partial charge in [-0.25, -0.2) is 0 Å². The Morgan fingerprint density at radius 1 is 1.37 bits per heavy atom. The monoisotopic (exact) mass is 387 g/mol. The van der Waals surface area contributed by atoms with Gasteiger partial charge >= 0.3 is 12.1 Å². The van der Waals surface area contributed by atoms with Gasteiger partial charge in [0.15, 0.2) is 0 Å². The number of ether oxygens (including phenoxy) is 1. The Labute approximate surface area is 122 Å². The van der Waals surface area contributed by atoms with Crippen LogP contribution in [0.4, 0.5) is 13.2 Å². The average molecular weight is 387 g/mol. The Kier molecular flexibility index (Phi) is 6.05. The highest BCUT2D eigenvalue weighted by Crippen LogP contribution is 2.28. The van der Waals surface area contributed by atoms with Crippen molar-refractivity contribution in [2.75, 3.05) is 13.7 Å². The van der Waals surface area contributed by atoms with Gasteiger partial charge in [-0.1, -0.05) is 34.7 Å².